The number of carbonyl (C=O) groups excluding carboxylic acids is 2. The van der Waals surface area contributed by atoms with Crippen molar-refractivity contribution in [1.82, 2.24) is 0 Å². The zero-order valence-electron chi connectivity index (χ0n) is 16.2. The molecule has 1 heterocycles. The third-order valence-electron chi connectivity index (χ3n) is 4.78. The lowest BCUT2D eigenvalue weighted by atomic mass is 10.1. The van der Waals surface area contributed by atoms with Crippen LogP contribution >= 0.6 is 23.4 Å². The SMILES string of the molecule is COc1ccc(N2C(=O)CSC2c2ccc(NC(=O)c3ccc(Cl)cc3)cc2)cc1. The number of halogens is 1. The van der Waals surface area contributed by atoms with Crippen LogP contribution in [0.15, 0.2) is 72.8 Å². The van der Waals surface area contributed by atoms with Crippen LogP contribution in [-0.2, 0) is 4.79 Å². The summed E-state index contributed by atoms with van der Waals surface area (Å²) in [5, 5.41) is 3.34. The van der Waals surface area contributed by atoms with E-state index in [1.165, 1.54) is 0 Å². The van der Waals surface area contributed by atoms with Gasteiger partial charge in [0.25, 0.3) is 5.91 Å². The molecule has 1 N–H and O–H groups in total. The lowest BCUT2D eigenvalue weighted by molar-refractivity contribution is -0.115. The number of thioether (sulfide) groups is 1. The van der Waals surface area contributed by atoms with Gasteiger partial charge in [-0.25, -0.2) is 0 Å². The van der Waals surface area contributed by atoms with Gasteiger partial charge in [0.1, 0.15) is 11.1 Å². The quantitative estimate of drug-likeness (QED) is 0.581. The fourth-order valence-corrected chi connectivity index (χ4v) is 4.53. The molecular formula is C23H19ClN2O3S. The number of benzene rings is 3. The predicted molar refractivity (Wildman–Crippen MR) is 122 cm³/mol. The van der Waals surface area contributed by atoms with E-state index in [0.717, 1.165) is 17.0 Å². The molecule has 0 spiro atoms. The summed E-state index contributed by atoms with van der Waals surface area (Å²) >= 11 is 7.45. The van der Waals surface area contributed by atoms with Gasteiger partial charge in [0.2, 0.25) is 5.91 Å². The second-order valence-electron chi connectivity index (χ2n) is 6.71. The number of nitrogens with zero attached hydrogens (tertiary/aromatic N) is 1. The van der Waals surface area contributed by atoms with Gasteiger partial charge < -0.3 is 10.1 Å². The van der Waals surface area contributed by atoms with Crippen molar-refractivity contribution in [2.24, 2.45) is 0 Å². The van der Waals surface area contributed by atoms with Crippen LogP contribution in [0.1, 0.15) is 21.3 Å². The van der Waals surface area contributed by atoms with Crippen molar-refractivity contribution in [1.29, 1.82) is 0 Å². The van der Waals surface area contributed by atoms with Crippen LogP contribution < -0.4 is 15.0 Å². The molecule has 0 radical (unpaired) electrons. The van der Waals surface area contributed by atoms with Gasteiger partial charge in [0.15, 0.2) is 0 Å². The fraction of sp³-hybridized carbons (Fsp3) is 0.130. The standard InChI is InChI=1S/C23H19ClN2O3S/c1-29-20-12-10-19(11-13-20)26-21(27)14-30-23(26)16-4-8-18(9-5-16)25-22(28)15-2-6-17(24)7-3-15/h2-13,23H,14H2,1H3,(H,25,28). The zero-order valence-corrected chi connectivity index (χ0v) is 17.7. The summed E-state index contributed by atoms with van der Waals surface area (Å²) in [5.74, 6) is 1.03. The van der Waals surface area contributed by atoms with Crippen molar-refractivity contribution >= 4 is 46.6 Å². The van der Waals surface area contributed by atoms with Crippen LogP contribution in [-0.4, -0.2) is 24.7 Å². The summed E-state index contributed by atoms with van der Waals surface area (Å²) in [5.41, 5.74) is 3.04. The molecule has 1 fully saturated rings. The number of amides is 2. The maximum absolute atomic E-state index is 12.5. The van der Waals surface area contributed by atoms with Gasteiger partial charge in [-0.3, -0.25) is 14.5 Å². The molecular weight excluding hydrogens is 420 g/mol. The molecule has 0 saturated carbocycles. The van der Waals surface area contributed by atoms with Crippen LogP contribution in [0.3, 0.4) is 0 Å². The summed E-state index contributed by atoms with van der Waals surface area (Å²) in [6.07, 6.45) is 0. The van der Waals surface area contributed by atoms with E-state index in [9.17, 15) is 9.59 Å². The molecule has 1 saturated heterocycles. The van der Waals surface area contributed by atoms with E-state index in [-0.39, 0.29) is 17.2 Å². The normalized spacial score (nSPS) is 15.9. The average Bonchev–Trinajstić information content (AvgIpc) is 3.16. The summed E-state index contributed by atoms with van der Waals surface area (Å²) in [6, 6.07) is 21.7. The van der Waals surface area contributed by atoms with Gasteiger partial charge in [0, 0.05) is 22.0 Å². The second kappa shape index (κ2) is 8.81. The first-order valence-electron chi connectivity index (χ1n) is 9.30. The smallest absolute Gasteiger partial charge is 0.255 e. The molecule has 4 rings (SSSR count). The van der Waals surface area contributed by atoms with E-state index in [1.54, 1.807) is 48.0 Å². The van der Waals surface area contributed by atoms with Gasteiger partial charge in [-0.2, -0.15) is 0 Å². The highest BCUT2D eigenvalue weighted by molar-refractivity contribution is 8.00. The molecule has 3 aromatic rings. The third-order valence-corrected chi connectivity index (χ3v) is 6.24. The monoisotopic (exact) mass is 438 g/mol. The molecule has 1 unspecified atom stereocenters. The number of anilines is 2. The average molecular weight is 439 g/mol. The molecule has 0 aromatic heterocycles. The summed E-state index contributed by atoms with van der Waals surface area (Å²) in [6.45, 7) is 0. The molecule has 3 aromatic carbocycles. The van der Waals surface area contributed by atoms with Crippen molar-refractivity contribution in [3.05, 3.63) is 88.9 Å². The van der Waals surface area contributed by atoms with Crippen LogP contribution in [0.5, 0.6) is 5.75 Å². The Morgan fingerprint density at radius 2 is 1.70 bits per heavy atom. The van der Waals surface area contributed by atoms with Gasteiger partial charge in [-0.05, 0) is 66.2 Å². The fourth-order valence-electron chi connectivity index (χ4n) is 3.23. The maximum atomic E-state index is 12.5. The second-order valence-corrected chi connectivity index (χ2v) is 8.21. The third kappa shape index (κ3) is 4.30. The summed E-state index contributed by atoms with van der Waals surface area (Å²) < 4.78 is 5.20. The lowest BCUT2D eigenvalue weighted by Gasteiger charge is -2.24. The largest absolute Gasteiger partial charge is 0.497 e. The molecule has 0 bridgehead atoms. The Balaban J connectivity index is 1.50. The molecule has 1 aliphatic heterocycles. The van der Waals surface area contributed by atoms with E-state index >= 15 is 0 Å². The number of hydrogen-bond donors (Lipinski definition) is 1. The first-order valence-corrected chi connectivity index (χ1v) is 10.7. The van der Waals surface area contributed by atoms with E-state index in [0.29, 0.717) is 22.0 Å². The maximum Gasteiger partial charge on any atom is 0.255 e. The lowest BCUT2D eigenvalue weighted by Crippen LogP contribution is -2.27. The zero-order chi connectivity index (χ0) is 21.1. The highest BCUT2D eigenvalue weighted by atomic mass is 35.5. The minimum absolute atomic E-state index is 0.0651. The molecule has 7 heteroatoms. The van der Waals surface area contributed by atoms with Crippen molar-refractivity contribution in [3.8, 4) is 5.75 Å². The first-order chi connectivity index (χ1) is 14.5. The highest BCUT2D eigenvalue weighted by Crippen LogP contribution is 2.42. The van der Waals surface area contributed by atoms with Gasteiger partial charge in [-0.15, -0.1) is 11.8 Å². The van der Waals surface area contributed by atoms with Crippen molar-refractivity contribution in [2.45, 2.75) is 5.37 Å². The van der Waals surface area contributed by atoms with E-state index in [1.807, 2.05) is 48.5 Å². The van der Waals surface area contributed by atoms with E-state index in [2.05, 4.69) is 5.32 Å². The first kappa shape index (κ1) is 20.3. The predicted octanol–water partition coefficient (Wildman–Crippen LogP) is 5.38. The minimum atomic E-state index is -0.204. The number of rotatable bonds is 5. The molecule has 1 aliphatic rings. The number of methoxy groups -OCH3 is 1. The summed E-state index contributed by atoms with van der Waals surface area (Å²) in [4.78, 5) is 26.7. The van der Waals surface area contributed by atoms with E-state index < -0.39 is 0 Å². The Bertz CT molecular complexity index is 1050. The number of ether oxygens (including phenoxy) is 1. The molecule has 1 atom stereocenters. The number of nitrogens with one attached hydrogen (secondary N) is 1. The minimum Gasteiger partial charge on any atom is -0.497 e. The Hall–Kier alpha value is -2.96. The van der Waals surface area contributed by atoms with Crippen LogP contribution in [0, 0.1) is 0 Å². The van der Waals surface area contributed by atoms with Gasteiger partial charge in [0.05, 0.1) is 12.9 Å². The molecule has 2 amide bonds. The molecule has 30 heavy (non-hydrogen) atoms. The number of carbonyl (C=O) groups is 2. The summed E-state index contributed by atoms with van der Waals surface area (Å²) in [7, 11) is 1.61. The van der Waals surface area contributed by atoms with E-state index in [4.69, 9.17) is 16.3 Å². The van der Waals surface area contributed by atoms with Gasteiger partial charge >= 0.3 is 0 Å². The highest BCUT2D eigenvalue weighted by Gasteiger charge is 2.34. The van der Waals surface area contributed by atoms with Crippen LogP contribution in [0.4, 0.5) is 11.4 Å². The van der Waals surface area contributed by atoms with Gasteiger partial charge in [-0.1, -0.05) is 23.7 Å². The van der Waals surface area contributed by atoms with Crippen LogP contribution in [0.25, 0.3) is 0 Å². The van der Waals surface area contributed by atoms with Crippen molar-refractivity contribution < 1.29 is 14.3 Å². The van der Waals surface area contributed by atoms with Crippen molar-refractivity contribution in [3.63, 3.8) is 0 Å². The topological polar surface area (TPSA) is 58.6 Å². The molecule has 5 nitrogen and oxygen atoms in total. The molecule has 152 valence electrons. The Morgan fingerprint density at radius 1 is 1.03 bits per heavy atom. The van der Waals surface area contributed by atoms with Crippen molar-refractivity contribution in [2.75, 3.05) is 23.1 Å². The van der Waals surface area contributed by atoms with Crippen LogP contribution in [0.2, 0.25) is 5.02 Å². The Morgan fingerprint density at radius 3 is 2.33 bits per heavy atom. The Labute approximate surface area is 184 Å². The molecule has 0 aliphatic carbocycles. The Kier molecular flexibility index (Phi) is 5.97. The number of hydrogen-bond acceptors (Lipinski definition) is 4.